The van der Waals surface area contributed by atoms with Crippen LogP contribution in [0.25, 0.3) is 0 Å². The third-order valence-corrected chi connectivity index (χ3v) is 4.98. The second kappa shape index (κ2) is 8.37. The molecule has 0 spiro atoms. The molecule has 0 atom stereocenters. The summed E-state index contributed by atoms with van der Waals surface area (Å²) in [6, 6.07) is 17.1. The third kappa shape index (κ3) is 4.85. The van der Waals surface area contributed by atoms with Crippen LogP contribution in [0.4, 0.5) is 5.69 Å². The monoisotopic (exact) mass is 351 g/mol. The molecule has 0 saturated carbocycles. The van der Waals surface area contributed by atoms with E-state index in [-0.39, 0.29) is 5.91 Å². The Bertz CT molecular complexity index is 733. The number of anilines is 1. The second-order valence-corrected chi connectivity index (χ2v) is 7.36. The molecule has 0 aromatic heterocycles. The minimum absolute atomic E-state index is 0.225. The van der Waals surface area contributed by atoms with Gasteiger partial charge in [0.05, 0.1) is 6.54 Å². The van der Waals surface area contributed by atoms with Crippen molar-refractivity contribution in [3.05, 3.63) is 65.2 Å². The molecule has 1 saturated heterocycles. The number of likely N-dealkylation sites (N-methyl/N-ethyl adjacent to an activating group) is 1. The van der Waals surface area contributed by atoms with Crippen LogP contribution in [-0.2, 0) is 11.3 Å². The predicted molar refractivity (Wildman–Crippen MR) is 107 cm³/mol. The summed E-state index contributed by atoms with van der Waals surface area (Å²) in [7, 11) is 2.01. The number of nitrogens with zero attached hydrogens (tertiary/aromatic N) is 3. The maximum atomic E-state index is 12.6. The Labute approximate surface area is 157 Å². The number of benzene rings is 2. The van der Waals surface area contributed by atoms with E-state index < -0.39 is 0 Å². The van der Waals surface area contributed by atoms with Crippen molar-refractivity contribution in [2.75, 3.05) is 44.7 Å². The van der Waals surface area contributed by atoms with Crippen LogP contribution in [0, 0.1) is 13.8 Å². The summed E-state index contributed by atoms with van der Waals surface area (Å²) in [6.45, 7) is 8.87. The largest absolute Gasteiger partial charge is 0.368 e. The lowest BCUT2D eigenvalue weighted by Gasteiger charge is -2.37. The van der Waals surface area contributed by atoms with Crippen molar-refractivity contribution in [3.63, 3.8) is 0 Å². The van der Waals surface area contributed by atoms with Gasteiger partial charge in [-0.25, -0.2) is 0 Å². The average molecular weight is 351 g/mol. The molecule has 0 N–H and O–H groups in total. The molecule has 0 bridgehead atoms. The molecular weight excluding hydrogens is 322 g/mol. The normalized spacial score (nSPS) is 14.8. The van der Waals surface area contributed by atoms with Crippen LogP contribution in [0.2, 0.25) is 0 Å². The summed E-state index contributed by atoms with van der Waals surface area (Å²) >= 11 is 0. The first kappa shape index (κ1) is 18.5. The van der Waals surface area contributed by atoms with Crippen molar-refractivity contribution in [2.45, 2.75) is 20.4 Å². The third-order valence-electron chi connectivity index (χ3n) is 4.98. The molecule has 1 heterocycles. The fraction of sp³-hybridized carbons (Fsp3) is 0.409. The molecule has 1 amide bonds. The number of hydrogen-bond acceptors (Lipinski definition) is 3. The Morgan fingerprint density at radius 2 is 1.65 bits per heavy atom. The van der Waals surface area contributed by atoms with Crippen LogP contribution in [0.5, 0.6) is 0 Å². The van der Waals surface area contributed by atoms with E-state index in [0.29, 0.717) is 6.54 Å². The smallest absolute Gasteiger partial charge is 0.236 e. The van der Waals surface area contributed by atoms with Crippen LogP contribution in [0.1, 0.15) is 16.7 Å². The van der Waals surface area contributed by atoms with Crippen molar-refractivity contribution < 1.29 is 4.79 Å². The topological polar surface area (TPSA) is 26.8 Å². The zero-order chi connectivity index (χ0) is 18.5. The van der Waals surface area contributed by atoms with Gasteiger partial charge in [-0.1, -0.05) is 42.0 Å². The van der Waals surface area contributed by atoms with Gasteiger partial charge >= 0.3 is 0 Å². The number of rotatable bonds is 5. The number of piperazine rings is 1. The van der Waals surface area contributed by atoms with Gasteiger partial charge in [-0.15, -0.1) is 0 Å². The van der Waals surface area contributed by atoms with E-state index in [1.54, 1.807) is 0 Å². The quantitative estimate of drug-likeness (QED) is 0.828. The van der Waals surface area contributed by atoms with Crippen LogP contribution in [-0.4, -0.2) is 55.5 Å². The lowest BCUT2D eigenvalue weighted by Crippen LogP contribution is -2.51. The molecule has 138 valence electrons. The molecule has 4 heteroatoms. The van der Waals surface area contributed by atoms with Gasteiger partial charge in [0.2, 0.25) is 5.91 Å². The summed E-state index contributed by atoms with van der Waals surface area (Å²) in [5.41, 5.74) is 5.04. The molecule has 2 aromatic rings. The van der Waals surface area contributed by atoms with Crippen molar-refractivity contribution in [1.29, 1.82) is 0 Å². The Kier molecular flexibility index (Phi) is 5.94. The maximum absolute atomic E-state index is 12.6. The van der Waals surface area contributed by atoms with Crippen molar-refractivity contribution in [1.82, 2.24) is 9.80 Å². The van der Waals surface area contributed by atoms with E-state index in [2.05, 4.69) is 72.2 Å². The fourth-order valence-corrected chi connectivity index (χ4v) is 3.43. The molecule has 26 heavy (non-hydrogen) atoms. The SMILES string of the molecule is Cc1ccc(CN(C)CC(=O)N2CCN(c3cccc(C)c3)CC2)cc1. The fourth-order valence-electron chi connectivity index (χ4n) is 3.43. The van der Waals surface area contributed by atoms with Crippen LogP contribution in [0.3, 0.4) is 0 Å². The number of aryl methyl sites for hydroxylation is 2. The molecule has 4 nitrogen and oxygen atoms in total. The highest BCUT2D eigenvalue weighted by Crippen LogP contribution is 2.18. The Balaban J connectivity index is 1.48. The van der Waals surface area contributed by atoms with Crippen molar-refractivity contribution in [3.8, 4) is 0 Å². The van der Waals surface area contributed by atoms with Gasteiger partial charge in [0.1, 0.15) is 0 Å². The number of hydrogen-bond donors (Lipinski definition) is 0. The highest BCUT2D eigenvalue weighted by Gasteiger charge is 2.22. The van der Waals surface area contributed by atoms with Gasteiger partial charge in [0.15, 0.2) is 0 Å². The molecule has 2 aromatic carbocycles. The maximum Gasteiger partial charge on any atom is 0.236 e. The van der Waals surface area contributed by atoms with E-state index in [0.717, 1.165) is 32.7 Å². The summed E-state index contributed by atoms with van der Waals surface area (Å²) in [6.07, 6.45) is 0. The van der Waals surface area contributed by atoms with Gasteiger partial charge in [-0.2, -0.15) is 0 Å². The molecular formula is C22H29N3O. The van der Waals surface area contributed by atoms with Crippen molar-refractivity contribution in [2.24, 2.45) is 0 Å². The molecule has 1 fully saturated rings. The molecule has 0 unspecified atom stereocenters. The van der Waals surface area contributed by atoms with Gasteiger partial charge in [0.25, 0.3) is 0 Å². The second-order valence-electron chi connectivity index (χ2n) is 7.36. The molecule has 1 aliphatic heterocycles. The summed E-state index contributed by atoms with van der Waals surface area (Å²) in [5.74, 6) is 0.225. The summed E-state index contributed by atoms with van der Waals surface area (Å²) in [4.78, 5) is 19.1. The number of carbonyl (C=O) groups is 1. The Morgan fingerprint density at radius 1 is 0.962 bits per heavy atom. The van der Waals surface area contributed by atoms with E-state index >= 15 is 0 Å². The summed E-state index contributed by atoms with van der Waals surface area (Å²) < 4.78 is 0. The predicted octanol–water partition coefficient (Wildman–Crippen LogP) is 3.08. The first-order valence-electron chi connectivity index (χ1n) is 9.35. The minimum Gasteiger partial charge on any atom is -0.368 e. The van der Waals surface area contributed by atoms with Gasteiger partial charge in [-0.3, -0.25) is 9.69 Å². The van der Waals surface area contributed by atoms with Crippen molar-refractivity contribution >= 4 is 11.6 Å². The highest BCUT2D eigenvalue weighted by molar-refractivity contribution is 5.78. The Hall–Kier alpha value is -2.33. The molecule has 0 aliphatic carbocycles. The number of carbonyl (C=O) groups excluding carboxylic acids is 1. The van der Waals surface area contributed by atoms with E-state index in [1.807, 2.05) is 11.9 Å². The first-order valence-corrected chi connectivity index (χ1v) is 9.35. The molecule has 3 rings (SSSR count). The first-order chi connectivity index (χ1) is 12.5. The average Bonchev–Trinajstić information content (AvgIpc) is 2.64. The zero-order valence-electron chi connectivity index (χ0n) is 16.1. The standard InChI is InChI=1S/C22H29N3O/c1-18-7-9-20(10-8-18)16-23(3)17-22(26)25-13-11-24(12-14-25)21-6-4-5-19(2)15-21/h4-10,15H,11-14,16-17H2,1-3H3. The zero-order valence-corrected chi connectivity index (χ0v) is 16.1. The summed E-state index contributed by atoms with van der Waals surface area (Å²) in [5, 5.41) is 0. The van der Waals surface area contributed by atoms with Gasteiger partial charge in [0, 0.05) is 38.4 Å². The molecule has 0 radical (unpaired) electrons. The van der Waals surface area contributed by atoms with Crippen LogP contribution >= 0.6 is 0 Å². The molecule has 1 aliphatic rings. The van der Waals surface area contributed by atoms with Gasteiger partial charge < -0.3 is 9.80 Å². The minimum atomic E-state index is 0.225. The highest BCUT2D eigenvalue weighted by atomic mass is 16.2. The van der Waals surface area contributed by atoms with Gasteiger partial charge in [-0.05, 0) is 44.2 Å². The number of amides is 1. The van der Waals surface area contributed by atoms with E-state index in [4.69, 9.17) is 0 Å². The van der Waals surface area contributed by atoms with E-state index in [9.17, 15) is 4.79 Å². The van der Waals surface area contributed by atoms with Crippen LogP contribution < -0.4 is 4.90 Å². The lowest BCUT2D eigenvalue weighted by molar-refractivity contribution is -0.132. The van der Waals surface area contributed by atoms with Crippen LogP contribution in [0.15, 0.2) is 48.5 Å². The van der Waals surface area contributed by atoms with E-state index in [1.165, 1.54) is 22.4 Å². The lowest BCUT2D eigenvalue weighted by atomic mass is 10.1. The Morgan fingerprint density at radius 3 is 2.31 bits per heavy atom.